The molecule has 0 aliphatic carbocycles. The number of thioether (sulfide) groups is 1. The highest BCUT2D eigenvalue weighted by Gasteiger charge is 2.32. The van der Waals surface area contributed by atoms with Gasteiger partial charge < -0.3 is 9.64 Å². The number of rotatable bonds is 4. The molecule has 0 saturated heterocycles. The maximum atomic E-state index is 12.5. The van der Waals surface area contributed by atoms with Gasteiger partial charge >= 0.3 is 5.97 Å². The van der Waals surface area contributed by atoms with Crippen LogP contribution in [0, 0.1) is 0 Å². The number of carbonyl (C=O) groups is 2. The highest BCUT2D eigenvalue weighted by Crippen LogP contribution is 2.22. The Morgan fingerprint density at radius 1 is 1.45 bits per heavy atom. The Labute approximate surface area is 122 Å². The Kier molecular flexibility index (Phi) is 4.84. The van der Waals surface area contributed by atoms with Gasteiger partial charge in [-0.05, 0) is 37.8 Å². The summed E-state index contributed by atoms with van der Waals surface area (Å²) in [5, 5.41) is 0. The molecule has 0 bridgehead atoms. The molecule has 1 aliphatic heterocycles. The number of benzene rings is 1. The molecule has 1 amide bonds. The van der Waals surface area contributed by atoms with Crippen LogP contribution >= 0.6 is 11.8 Å². The molecule has 1 aromatic rings. The minimum atomic E-state index is -0.541. The fourth-order valence-electron chi connectivity index (χ4n) is 2.08. The summed E-state index contributed by atoms with van der Waals surface area (Å²) in [7, 11) is 0. The van der Waals surface area contributed by atoms with Gasteiger partial charge in [0.25, 0.3) is 5.91 Å². The highest BCUT2D eigenvalue weighted by molar-refractivity contribution is 7.98. The van der Waals surface area contributed by atoms with Gasteiger partial charge in [0.2, 0.25) is 0 Å². The first-order chi connectivity index (χ1) is 9.67. The number of hydrogen-bond donors (Lipinski definition) is 0. The standard InChI is InChI=1S/C15H17NO3S/c1-3-19-15(18)13-8-5-9-16(13)14(17)11-6-4-7-12(10-11)20-2/h4-7,9-10,13H,3,8H2,1-2H3/t13-/m1/s1. The van der Waals surface area contributed by atoms with E-state index in [2.05, 4.69) is 0 Å². The van der Waals surface area contributed by atoms with Crippen LogP contribution in [0.1, 0.15) is 23.7 Å². The second-order valence-electron chi connectivity index (χ2n) is 4.33. The molecule has 0 unspecified atom stereocenters. The van der Waals surface area contributed by atoms with Crippen molar-refractivity contribution in [1.82, 2.24) is 4.90 Å². The molecular weight excluding hydrogens is 274 g/mol. The van der Waals surface area contributed by atoms with Crippen molar-refractivity contribution in [3.8, 4) is 0 Å². The number of ether oxygens (including phenoxy) is 1. The van der Waals surface area contributed by atoms with Gasteiger partial charge in [-0.25, -0.2) is 4.79 Å². The van der Waals surface area contributed by atoms with Crippen molar-refractivity contribution in [1.29, 1.82) is 0 Å². The van der Waals surface area contributed by atoms with Crippen LogP contribution in [0.2, 0.25) is 0 Å². The zero-order chi connectivity index (χ0) is 14.5. The Morgan fingerprint density at radius 3 is 2.95 bits per heavy atom. The Bertz CT molecular complexity index is 542. The molecule has 4 nitrogen and oxygen atoms in total. The van der Waals surface area contributed by atoms with Gasteiger partial charge in [0.05, 0.1) is 6.61 Å². The van der Waals surface area contributed by atoms with Gasteiger partial charge in [-0.1, -0.05) is 12.1 Å². The Balaban J connectivity index is 2.18. The SMILES string of the molecule is CCOC(=O)[C@H]1CC=CN1C(=O)c1cccc(SC)c1. The maximum absolute atomic E-state index is 12.5. The first-order valence-electron chi connectivity index (χ1n) is 6.47. The van der Waals surface area contributed by atoms with E-state index < -0.39 is 6.04 Å². The van der Waals surface area contributed by atoms with E-state index in [1.807, 2.05) is 30.5 Å². The molecule has 5 heteroatoms. The molecule has 1 aliphatic rings. The average Bonchev–Trinajstić information content (AvgIpc) is 2.96. The van der Waals surface area contributed by atoms with Gasteiger partial charge in [-0.15, -0.1) is 11.8 Å². The largest absolute Gasteiger partial charge is 0.464 e. The molecule has 106 valence electrons. The number of carbonyl (C=O) groups excluding carboxylic acids is 2. The van der Waals surface area contributed by atoms with E-state index in [1.54, 1.807) is 31.0 Å². The topological polar surface area (TPSA) is 46.6 Å². The summed E-state index contributed by atoms with van der Waals surface area (Å²) in [4.78, 5) is 26.8. The van der Waals surface area contributed by atoms with Crippen LogP contribution in [-0.4, -0.2) is 35.7 Å². The minimum Gasteiger partial charge on any atom is -0.464 e. The van der Waals surface area contributed by atoms with Gasteiger partial charge in [0.15, 0.2) is 0 Å². The molecule has 0 radical (unpaired) electrons. The fraction of sp³-hybridized carbons (Fsp3) is 0.333. The normalized spacial score (nSPS) is 17.3. The second-order valence-corrected chi connectivity index (χ2v) is 5.21. The number of esters is 1. The lowest BCUT2D eigenvalue weighted by Crippen LogP contribution is -2.39. The summed E-state index contributed by atoms with van der Waals surface area (Å²) in [5.41, 5.74) is 0.581. The van der Waals surface area contributed by atoms with Crippen molar-refractivity contribution in [2.45, 2.75) is 24.3 Å². The lowest BCUT2D eigenvalue weighted by Gasteiger charge is -2.22. The molecule has 1 heterocycles. The van der Waals surface area contributed by atoms with E-state index in [0.29, 0.717) is 18.6 Å². The van der Waals surface area contributed by atoms with Crippen LogP contribution in [0.4, 0.5) is 0 Å². The Hall–Kier alpha value is -1.75. The molecule has 20 heavy (non-hydrogen) atoms. The van der Waals surface area contributed by atoms with Crippen LogP contribution in [-0.2, 0) is 9.53 Å². The molecule has 0 saturated carbocycles. The third kappa shape index (κ3) is 3.04. The number of nitrogens with zero attached hydrogens (tertiary/aromatic N) is 1. The van der Waals surface area contributed by atoms with Crippen LogP contribution < -0.4 is 0 Å². The quantitative estimate of drug-likeness (QED) is 0.632. The van der Waals surface area contributed by atoms with Crippen LogP contribution in [0.3, 0.4) is 0 Å². The van der Waals surface area contributed by atoms with E-state index >= 15 is 0 Å². The van der Waals surface area contributed by atoms with Crippen molar-refractivity contribution < 1.29 is 14.3 Å². The van der Waals surface area contributed by atoms with Crippen LogP contribution in [0.5, 0.6) is 0 Å². The predicted octanol–water partition coefficient (Wildman–Crippen LogP) is 2.70. The molecule has 0 fully saturated rings. The van der Waals surface area contributed by atoms with Crippen molar-refractivity contribution >= 4 is 23.6 Å². The number of amides is 1. The van der Waals surface area contributed by atoms with E-state index in [4.69, 9.17) is 4.74 Å². The molecule has 1 aromatic carbocycles. The third-order valence-electron chi connectivity index (χ3n) is 3.07. The Morgan fingerprint density at radius 2 is 2.25 bits per heavy atom. The summed E-state index contributed by atoms with van der Waals surface area (Å²) >= 11 is 1.58. The molecular formula is C15H17NO3S. The van der Waals surface area contributed by atoms with Crippen molar-refractivity contribution in [3.05, 3.63) is 42.1 Å². The lowest BCUT2D eigenvalue weighted by molar-refractivity contribution is -0.147. The maximum Gasteiger partial charge on any atom is 0.329 e. The molecule has 0 spiro atoms. The van der Waals surface area contributed by atoms with Crippen molar-refractivity contribution in [2.24, 2.45) is 0 Å². The predicted molar refractivity (Wildman–Crippen MR) is 78.6 cm³/mol. The zero-order valence-corrected chi connectivity index (χ0v) is 12.4. The van der Waals surface area contributed by atoms with E-state index in [1.165, 1.54) is 4.90 Å². The average molecular weight is 291 g/mol. The summed E-state index contributed by atoms with van der Waals surface area (Å²) in [5.74, 6) is -0.528. The summed E-state index contributed by atoms with van der Waals surface area (Å²) < 4.78 is 5.01. The smallest absolute Gasteiger partial charge is 0.329 e. The van der Waals surface area contributed by atoms with Crippen molar-refractivity contribution in [3.63, 3.8) is 0 Å². The summed E-state index contributed by atoms with van der Waals surface area (Å²) in [6.45, 7) is 2.08. The molecule has 0 aromatic heterocycles. The van der Waals surface area contributed by atoms with Gasteiger partial charge in [-0.2, -0.15) is 0 Å². The summed E-state index contributed by atoms with van der Waals surface area (Å²) in [6.07, 6.45) is 5.95. The summed E-state index contributed by atoms with van der Waals surface area (Å²) in [6, 6.07) is 6.85. The highest BCUT2D eigenvalue weighted by atomic mass is 32.2. The zero-order valence-electron chi connectivity index (χ0n) is 11.5. The van der Waals surface area contributed by atoms with Gasteiger partial charge in [0, 0.05) is 16.7 Å². The molecule has 1 atom stereocenters. The molecule has 2 rings (SSSR count). The van der Waals surface area contributed by atoms with Crippen molar-refractivity contribution in [2.75, 3.05) is 12.9 Å². The van der Waals surface area contributed by atoms with E-state index in [-0.39, 0.29) is 11.9 Å². The third-order valence-corrected chi connectivity index (χ3v) is 3.80. The fourth-order valence-corrected chi connectivity index (χ4v) is 2.54. The minimum absolute atomic E-state index is 0.173. The lowest BCUT2D eigenvalue weighted by atomic mass is 10.1. The first-order valence-corrected chi connectivity index (χ1v) is 7.70. The van der Waals surface area contributed by atoms with Gasteiger partial charge in [0.1, 0.15) is 6.04 Å². The van der Waals surface area contributed by atoms with Crippen LogP contribution in [0.25, 0.3) is 0 Å². The van der Waals surface area contributed by atoms with E-state index in [9.17, 15) is 9.59 Å². The second kappa shape index (κ2) is 6.61. The van der Waals surface area contributed by atoms with Gasteiger partial charge in [-0.3, -0.25) is 4.79 Å². The molecule has 0 N–H and O–H groups in total. The number of hydrogen-bond acceptors (Lipinski definition) is 4. The monoisotopic (exact) mass is 291 g/mol. The van der Waals surface area contributed by atoms with E-state index in [0.717, 1.165) is 4.90 Å². The van der Waals surface area contributed by atoms with Crippen LogP contribution in [0.15, 0.2) is 41.4 Å². The first kappa shape index (κ1) is 14.7.